The van der Waals surface area contributed by atoms with Crippen molar-refractivity contribution in [1.29, 1.82) is 0 Å². The van der Waals surface area contributed by atoms with E-state index in [1.54, 1.807) is 17.6 Å². The van der Waals surface area contributed by atoms with Crippen molar-refractivity contribution in [2.75, 3.05) is 13.1 Å². The molecule has 1 atom stereocenters. The Morgan fingerprint density at radius 2 is 2.40 bits per heavy atom. The molecule has 108 valence electrons. The minimum absolute atomic E-state index is 0.0409. The van der Waals surface area contributed by atoms with Gasteiger partial charge in [-0.05, 0) is 24.9 Å². The van der Waals surface area contributed by atoms with Gasteiger partial charge in [0.15, 0.2) is 0 Å². The molecule has 1 amide bonds. The molecule has 0 fully saturated rings. The maximum absolute atomic E-state index is 11.8. The van der Waals surface area contributed by atoms with E-state index in [1.807, 2.05) is 31.4 Å². The van der Waals surface area contributed by atoms with E-state index >= 15 is 0 Å². The Bertz CT molecular complexity index is 536. The van der Waals surface area contributed by atoms with Crippen LogP contribution in [0.2, 0.25) is 0 Å². The van der Waals surface area contributed by atoms with Crippen LogP contribution in [0.5, 0.6) is 0 Å². The largest absolute Gasteiger partial charge is 0.444 e. The number of carbonyl (C=O) groups excluding carboxylic acids is 1. The van der Waals surface area contributed by atoms with Crippen LogP contribution >= 0.6 is 11.3 Å². The van der Waals surface area contributed by atoms with E-state index in [2.05, 4.69) is 15.6 Å². The maximum Gasteiger partial charge on any atom is 0.236 e. The lowest BCUT2D eigenvalue weighted by molar-refractivity contribution is -0.120. The smallest absolute Gasteiger partial charge is 0.236 e. The molecule has 2 aromatic rings. The van der Waals surface area contributed by atoms with Crippen molar-refractivity contribution in [1.82, 2.24) is 15.6 Å². The SMILES string of the molecule is CCN[C@H](C)CNC(=O)Cc1coc(-c2cccs2)n1. The van der Waals surface area contributed by atoms with Gasteiger partial charge in [0, 0.05) is 12.6 Å². The molecule has 0 saturated carbocycles. The van der Waals surface area contributed by atoms with Gasteiger partial charge in [0.1, 0.15) is 6.26 Å². The third kappa shape index (κ3) is 4.18. The number of aromatic nitrogens is 1. The highest BCUT2D eigenvalue weighted by atomic mass is 32.1. The van der Waals surface area contributed by atoms with Crippen molar-refractivity contribution in [2.45, 2.75) is 26.3 Å². The molecule has 20 heavy (non-hydrogen) atoms. The Morgan fingerprint density at radius 1 is 1.55 bits per heavy atom. The number of oxazole rings is 1. The second-order valence-corrected chi connectivity index (χ2v) is 5.51. The molecule has 0 unspecified atom stereocenters. The fourth-order valence-electron chi connectivity index (χ4n) is 1.82. The zero-order chi connectivity index (χ0) is 14.4. The molecule has 0 aromatic carbocycles. The van der Waals surface area contributed by atoms with Crippen LogP contribution in [0.4, 0.5) is 0 Å². The molecule has 0 spiro atoms. The molecule has 2 heterocycles. The number of nitrogens with one attached hydrogen (secondary N) is 2. The van der Waals surface area contributed by atoms with Gasteiger partial charge in [-0.15, -0.1) is 11.3 Å². The van der Waals surface area contributed by atoms with Crippen molar-refractivity contribution >= 4 is 17.2 Å². The lowest BCUT2D eigenvalue weighted by atomic mass is 10.3. The van der Waals surface area contributed by atoms with Gasteiger partial charge in [-0.2, -0.15) is 0 Å². The van der Waals surface area contributed by atoms with Crippen LogP contribution in [0.1, 0.15) is 19.5 Å². The summed E-state index contributed by atoms with van der Waals surface area (Å²) >= 11 is 1.56. The van der Waals surface area contributed by atoms with Crippen molar-refractivity contribution in [3.63, 3.8) is 0 Å². The highest BCUT2D eigenvalue weighted by Gasteiger charge is 2.11. The van der Waals surface area contributed by atoms with Crippen LogP contribution in [0.15, 0.2) is 28.2 Å². The first-order chi connectivity index (χ1) is 9.69. The Morgan fingerprint density at radius 3 is 3.10 bits per heavy atom. The first-order valence-electron chi connectivity index (χ1n) is 6.67. The zero-order valence-corrected chi connectivity index (χ0v) is 12.5. The van der Waals surface area contributed by atoms with E-state index in [0.29, 0.717) is 18.1 Å². The maximum atomic E-state index is 11.8. The average Bonchev–Trinajstić information content (AvgIpc) is 3.07. The fourth-order valence-corrected chi connectivity index (χ4v) is 2.47. The number of amides is 1. The van der Waals surface area contributed by atoms with E-state index in [1.165, 1.54) is 0 Å². The van der Waals surface area contributed by atoms with E-state index in [9.17, 15) is 4.79 Å². The first kappa shape index (κ1) is 14.7. The average molecular weight is 293 g/mol. The number of hydrogen-bond donors (Lipinski definition) is 2. The summed E-state index contributed by atoms with van der Waals surface area (Å²) in [7, 11) is 0. The number of nitrogens with zero attached hydrogens (tertiary/aromatic N) is 1. The summed E-state index contributed by atoms with van der Waals surface area (Å²) in [5, 5.41) is 8.09. The summed E-state index contributed by atoms with van der Waals surface area (Å²) in [6.07, 6.45) is 1.79. The van der Waals surface area contributed by atoms with Gasteiger partial charge in [0.2, 0.25) is 11.8 Å². The third-order valence-corrected chi connectivity index (χ3v) is 3.64. The van der Waals surface area contributed by atoms with Gasteiger partial charge in [0.05, 0.1) is 17.0 Å². The van der Waals surface area contributed by atoms with Crippen LogP contribution in [0.25, 0.3) is 10.8 Å². The molecule has 0 radical (unpaired) electrons. The monoisotopic (exact) mass is 293 g/mol. The van der Waals surface area contributed by atoms with Crippen LogP contribution < -0.4 is 10.6 Å². The lowest BCUT2D eigenvalue weighted by Gasteiger charge is -2.12. The molecular weight excluding hydrogens is 274 g/mol. The van der Waals surface area contributed by atoms with E-state index < -0.39 is 0 Å². The van der Waals surface area contributed by atoms with Crippen molar-refractivity contribution in [2.24, 2.45) is 0 Å². The number of carbonyl (C=O) groups is 1. The van der Waals surface area contributed by atoms with E-state index in [4.69, 9.17) is 4.42 Å². The van der Waals surface area contributed by atoms with Crippen molar-refractivity contribution in [3.8, 4) is 10.8 Å². The molecule has 0 aliphatic heterocycles. The van der Waals surface area contributed by atoms with Gasteiger partial charge in [-0.3, -0.25) is 4.79 Å². The number of likely N-dealkylation sites (N-methyl/N-ethyl adjacent to an activating group) is 1. The highest BCUT2D eigenvalue weighted by molar-refractivity contribution is 7.13. The van der Waals surface area contributed by atoms with E-state index in [-0.39, 0.29) is 18.4 Å². The van der Waals surface area contributed by atoms with Crippen LogP contribution in [0.3, 0.4) is 0 Å². The summed E-state index contributed by atoms with van der Waals surface area (Å²) < 4.78 is 5.38. The van der Waals surface area contributed by atoms with Gasteiger partial charge in [-0.25, -0.2) is 4.98 Å². The minimum atomic E-state index is -0.0409. The summed E-state index contributed by atoms with van der Waals surface area (Å²) in [4.78, 5) is 17.1. The Labute approximate surface area is 122 Å². The Hall–Kier alpha value is -1.66. The van der Waals surface area contributed by atoms with Crippen molar-refractivity contribution in [3.05, 3.63) is 29.5 Å². The fraction of sp³-hybridized carbons (Fsp3) is 0.429. The Kier molecular flexibility index (Phi) is 5.31. The van der Waals surface area contributed by atoms with Crippen LogP contribution in [0, 0.1) is 0 Å². The van der Waals surface area contributed by atoms with Crippen molar-refractivity contribution < 1.29 is 9.21 Å². The predicted molar refractivity (Wildman–Crippen MR) is 79.7 cm³/mol. The van der Waals surface area contributed by atoms with Gasteiger partial charge in [-0.1, -0.05) is 13.0 Å². The van der Waals surface area contributed by atoms with Gasteiger partial charge >= 0.3 is 0 Å². The molecule has 2 rings (SSSR count). The summed E-state index contributed by atoms with van der Waals surface area (Å²) in [5.41, 5.74) is 0.655. The second-order valence-electron chi connectivity index (χ2n) is 4.56. The highest BCUT2D eigenvalue weighted by Crippen LogP contribution is 2.23. The second kappa shape index (κ2) is 7.21. The normalized spacial score (nSPS) is 12.3. The number of hydrogen-bond acceptors (Lipinski definition) is 5. The molecule has 0 aliphatic carbocycles. The first-order valence-corrected chi connectivity index (χ1v) is 7.55. The van der Waals surface area contributed by atoms with Crippen LogP contribution in [-0.4, -0.2) is 30.0 Å². The third-order valence-electron chi connectivity index (χ3n) is 2.78. The Balaban J connectivity index is 1.83. The molecular formula is C14H19N3O2S. The zero-order valence-electron chi connectivity index (χ0n) is 11.7. The number of thiophene rings is 1. The van der Waals surface area contributed by atoms with Crippen LogP contribution in [-0.2, 0) is 11.2 Å². The molecule has 5 nitrogen and oxygen atoms in total. The topological polar surface area (TPSA) is 67.2 Å². The summed E-state index contributed by atoms with van der Waals surface area (Å²) in [6.45, 7) is 5.58. The molecule has 2 aromatic heterocycles. The van der Waals surface area contributed by atoms with Gasteiger partial charge in [0.25, 0.3) is 0 Å². The standard InChI is InChI=1S/C14H19N3O2S/c1-3-15-10(2)8-16-13(18)7-11-9-19-14(17-11)12-5-4-6-20-12/h4-6,9-10,15H,3,7-8H2,1-2H3,(H,16,18)/t10-/m1/s1. The number of rotatable bonds is 7. The quantitative estimate of drug-likeness (QED) is 0.820. The molecule has 0 bridgehead atoms. The summed E-state index contributed by atoms with van der Waals surface area (Å²) in [6, 6.07) is 4.15. The lowest BCUT2D eigenvalue weighted by Crippen LogP contribution is -2.39. The summed E-state index contributed by atoms with van der Waals surface area (Å²) in [5.74, 6) is 0.532. The van der Waals surface area contributed by atoms with Gasteiger partial charge < -0.3 is 15.1 Å². The van der Waals surface area contributed by atoms with E-state index in [0.717, 1.165) is 11.4 Å². The molecule has 6 heteroatoms. The molecule has 0 saturated heterocycles. The predicted octanol–water partition coefficient (Wildman–Crippen LogP) is 2.06. The molecule has 2 N–H and O–H groups in total. The minimum Gasteiger partial charge on any atom is -0.444 e. The molecule has 0 aliphatic rings.